The maximum atomic E-state index is 11.7. The lowest BCUT2D eigenvalue weighted by atomic mass is 9.85. The lowest BCUT2D eigenvalue weighted by molar-refractivity contribution is -0.149. The van der Waals surface area contributed by atoms with Gasteiger partial charge in [-0.15, -0.1) is 6.42 Å². The molecule has 0 heterocycles. The highest BCUT2D eigenvalue weighted by Crippen LogP contribution is 2.25. The molecule has 0 aromatic carbocycles. The van der Waals surface area contributed by atoms with Crippen LogP contribution in [0.4, 0.5) is 0 Å². The Bertz CT molecular complexity index is 282. The molecule has 1 saturated carbocycles. The standard InChI is InChI=1S/C14H23NO2/c1-4-12(5-2)15-13-9-7-8-11(10-13)14(16)17-6-3/h1,11-13,15H,5-10H2,2-3H3. The molecular weight excluding hydrogens is 214 g/mol. The molecule has 0 aromatic rings. The summed E-state index contributed by atoms with van der Waals surface area (Å²) in [6, 6.07) is 0.486. The average molecular weight is 237 g/mol. The number of carbonyl (C=O) groups excluding carboxylic acids is 1. The molecule has 96 valence electrons. The zero-order valence-corrected chi connectivity index (χ0v) is 10.9. The highest BCUT2D eigenvalue weighted by Gasteiger charge is 2.28. The molecule has 3 unspecified atom stereocenters. The second-order valence-electron chi connectivity index (χ2n) is 4.61. The average Bonchev–Trinajstić information content (AvgIpc) is 2.36. The summed E-state index contributed by atoms with van der Waals surface area (Å²) in [6.07, 6.45) is 10.3. The van der Waals surface area contributed by atoms with Gasteiger partial charge in [-0.1, -0.05) is 19.3 Å². The van der Waals surface area contributed by atoms with E-state index in [-0.39, 0.29) is 17.9 Å². The minimum atomic E-state index is -0.0484. The fourth-order valence-electron chi connectivity index (χ4n) is 2.38. The van der Waals surface area contributed by atoms with Gasteiger partial charge in [0.25, 0.3) is 0 Å². The summed E-state index contributed by atoms with van der Waals surface area (Å²) in [5.74, 6) is 2.74. The normalized spacial score (nSPS) is 25.9. The largest absolute Gasteiger partial charge is 0.466 e. The number of terminal acetylenes is 1. The molecule has 0 aliphatic heterocycles. The first kappa shape index (κ1) is 14.1. The SMILES string of the molecule is C#CC(CC)NC1CCCC(C(=O)OCC)C1. The first-order chi connectivity index (χ1) is 8.21. The number of hydrogen-bond acceptors (Lipinski definition) is 3. The highest BCUT2D eigenvalue weighted by atomic mass is 16.5. The van der Waals surface area contributed by atoms with Crippen LogP contribution in [0.3, 0.4) is 0 Å². The van der Waals surface area contributed by atoms with Gasteiger partial charge in [0.1, 0.15) is 0 Å². The molecule has 0 saturated heterocycles. The maximum Gasteiger partial charge on any atom is 0.308 e. The van der Waals surface area contributed by atoms with Crippen LogP contribution in [0.15, 0.2) is 0 Å². The van der Waals surface area contributed by atoms with Crippen molar-refractivity contribution in [2.24, 2.45) is 5.92 Å². The van der Waals surface area contributed by atoms with Crippen LogP contribution in [-0.2, 0) is 9.53 Å². The Morgan fingerprint density at radius 3 is 2.88 bits per heavy atom. The molecule has 3 heteroatoms. The predicted molar refractivity (Wildman–Crippen MR) is 68.4 cm³/mol. The van der Waals surface area contributed by atoms with Crippen LogP contribution >= 0.6 is 0 Å². The zero-order valence-electron chi connectivity index (χ0n) is 10.9. The van der Waals surface area contributed by atoms with Gasteiger partial charge < -0.3 is 10.1 Å². The van der Waals surface area contributed by atoms with Crippen molar-refractivity contribution in [2.75, 3.05) is 6.61 Å². The first-order valence-electron chi connectivity index (χ1n) is 6.60. The molecule has 0 amide bonds. The van der Waals surface area contributed by atoms with E-state index in [0.29, 0.717) is 12.6 Å². The van der Waals surface area contributed by atoms with Crippen LogP contribution in [0.5, 0.6) is 0 Å². The summed E-state index contributed by atoms with van der Waals surface area (Å²) in [5, 5.41) is 3.44. The lowest BCUT2D eigenvalue weighted by Crippen LogP contribution is -2.41. The summed E-state index contributed by atoms with van der Waals surface area (Å²) in [7, 11) is 0. The van der Waals surface area contributed by atoms with Crippen LogP contribution in [0, 0.1) is 18.3 Å². The van der Waals surface area contributed by atoms with Gasteiger partial charge in [-0.05, 0) is 32.6 Å². The number of esters is 1. The van der Waals surface area contributed by atoms with Gasteiger partial charge in [0.2, 0.25) is 0 Å². The van der Waals surface area contributed by atoms with Gasteiger partial charge in [0.15, 0.2) is 0 Å². The van der Waals surface area contributed by atoms with Crippen molar-refractivity contribution < 1.29 is 9.53 Å². The van der Waals surface area contributed by atoms with E-state index in [4.69, 9.17) is 11.2 Å². The Morgan fingerprint density at radius 2 is 2.29 bits per heavy atom. The second-order valence-corrected chi connectivity index (χ2v) is 4.61. The van der Waals surface area contributed by atoms with Gasteiger partial charge in [0.05, 0.1) is 18.6 Å². The summed E-state index contributed by atoms with van der Waals surface area (Å²) in [5.41, 5.74) is 0. The molecule has 1 rings (SSSR count). The number of nitrogens with one attached hydrogen (secondary N) is 1. The summed E-state index contributed by atoms with van der Waals surface area (Å²) in [4.78, 5) is 11.7. The fraction of sp³-hybridized carbons (Fsp3) is 0.786. The number of rotatable bonds is 5. The molecule has 0 bridgehead atoms. The summed E-state index contributed by atoms with van der Waals surface area (Å²) in [6.45, 7) is 4.39. The molecule has 17 heavy (non-hydrogen) atoms. The molecule has 0 radical (unpaired) electrons. The minimum Gasteiger partial charge on any atom is -0.466 e. The smallest absolute Gasteiger partial charge is 0.308 e. The third-order valence-electron chi connectivity index (χ3n) is 3.34. The van der Waals surface area contributed by atoms with E-state index >= 15 is 0 Å². The predicted octanol–water partition coefficient (Wildman–Crippen LogP) is 2.11. The number of carbonyl (C=O) groups is 1. The van der Waals surface area contributed by atoms with Crippen molar-refractivity contribution in [1.29, 1.82) is 0 Å². The minimum absolute atomic E-state index is 0.0484. The van der Waals surface area contributed by atoms with E-state index in [1.165, 1.54) is 0 Å². The molecule has 0 spiro atoms. The Hall–Kier alpha value is -1.01. The molecule has 1 fully saturated rings. The van der Waals surface area contributed by atoms with Crippen LogP contribution in [0.25, 0.3) is 0 Å². The van der Waals surface area contributed by atoms with Crippen molar-refractivity contribution in [3.8, 4) is 12.3 Å². The highest BCUT2D eigenvalue weighted by molar-refractivity contribution is 5.72. The Kier molecular flexibility index (Phi) is 6.07. The van der Waals surface area contributed by atoms with Crippen LogP contribution in [0.1, 0.15) is 46.0 Å². The molecule has 1 aliphatic rings. The monoisotopic (exact) mass is 237 g/mol. The van der Waals surface area contributed by atoms with E-state index in [9.17, 15) is 4.79 Å². The number of ether oxygens (including phenoxy) is 1. The quantitative estimate of drug-likeness (QED) is 0.588. The molecular formula is C14H23NO2. The van der Waals surface area contributed by atoms with E-state index in [0.717, 1.165) is 32.1 Å². The van der Waals surface area contributed by atoms with Gasteiger partial charge in [-0.2, -0.15) is 0 Å². The van der Waals surface area contributed by atoms with Crippen molar-refractivity contribution in [3.63, 3.8) is 0 Å². The Morgan fingerprint density at radius 1 is 1.53 bits per heavy atom. The van der Waals surface area contributed by atoms with Gasteiger partial charge >= 0.3 is 5.97 Å². The van der Waals surface area contributed by atoms with Gasteiger partial charge in [-0.25, -0.2) is 0 Å². The first-order valence-corrected chi connectivity index (χ1v) is 6.60. The molecule has 1 N–H and O–H groups in total. The Labute approximate surface area is 104 Å². The summed E-state index contributed by atoms with van der Waals surface area (Å²) >= 11 is 0. The second kappa shape index (κ2) is 7.34. The van der Waals surface area contributed by atoms with Crippen molar-refractivity contribution in [2.45, 2.75) is 58.0 Å². The molecule has 0 aromatic heterocycles. The maximum absolute atomic E-state index is 11.7. The Balaban J connectivity index is 2.43. The van der Waals surface area contributed by atoms with Crippen molar-refractivity contribution in [3.05, 3.63) is 0 Å². The van der Waals surface area contributed by atoms with Crippen molar-refractivity contribution >= 4 is 5.97 Å². The summed E-state index contributed by atoms with van der Waals surface area (Å²) < 4.78 is 5.08. The van der Waals surface area contributed by atoms with Crippen LogP contribution in [0.2, 0.25) is 0 Å². The van der Waals surface area contributed by atoms with E-state index in [1.54, 1.807) is 0 Å². The molecule has 1 aliphatic carbocycles. The van der Waals surface area contributed by atoms with Gasteiger partial charge in [0, 0.05) is 6.04 Å². The van der Waals surface area contributed by atoms with Crippen molar-refractivity contribution in [1.82, 2.24) is 5.32 Å². The third kappa shape index (κ3) is 4.40. The lowest BCUT2D eigenvalue weighted by Gasteiger charge is -2.30. The van der Waals surface area contributed by atoms with E-state index in [1.807, 2.05) is 6.92 Å². The fourth-order valence-corrected chi connectivity index (χ4v) is 2.38. The van der Waals surface area contributed by atoms with Crippen LogP contribution < -0.4 is 5.32 Å². The zero-order chi connectivity index (χ0) is 12.7. The van der Waals surface area contributed by atoms with E-state index < -0.39 is 0 Å². The van der Waals surface area contributed by atoms with E-state index in [2.05, 4.69) is 18.2 Å². The molecule has 3 atom stereocenters. The number of hydrogen-bond donors (Lipinski definition) is 1. The van der Waals surface area contributed by atoms with Crippen LogP contribution in [-0.4, -0.2) is 24.7 Å². The van der Waals surface area contributed by atoms with Gasteiger partial charge in [-0.3, -0.25) is 4.79 Å². The topological polar surface area (TPSA) is 38.3 Å². The third-order valence-corrected chi connectivity index (χ3v) is 3.34. The molecule has 3 nitrogen and oxygen atoms in total.